The number of H-pyrrole nitrogens is 1. The zero-order chi connectivity index (χ0) is 26.8. The first kappa shape index (κ1) is 24.9. The molecule has 2 fully saturated rings. The number of aromatic hydroxyl groups is 1. The number of fused-ring (bicyclic) bond motifs is 4. The summed E-state index contributed by atoms with van der Waals surface area (Å²) < 4.78 is 1.54. The van der Waals surface area contributed by atoms with Gasteiger partial charge in [0.25, 0.3) is 5.56 Å². The SMILES string of the molecule is CC(C)n1c(O)c(C=Nc2ccc3c(c2)CC2(C(=O)N(C)C(=O)N(C)C2=O)[C@@H]2CCCN32)c(=O)[nH]c1=S. The third kappa shape index (κ3) is 3.53. The summed E-state index contributed by atoms with van der Waals surface area (Å²) in [6.07, 6.45) is 2.90. The minimum atomic E-state index is -1.40. The number of aliphatic imine (C=N–C) groups is 1. The van der Waals surface area contributed by atoms with E-state index < -0.39 is 28.8 Å². The number of carbonyl (C=O) groups excluding carboxylic acids is 3. The molecule has 194 valence electrons. The molecule has 1 atom stereocenters. The Balaban J connectivity index is 1.57. The van der Waals surface area contributed by atoms with Gasteiger partial charge in [-0.15, -0.1) is 0 Å². The van der Waals surface area contributed by atoms with E-state index in [2.05, 4.69) is 14.9 Å². The number of nitrogens with zero attached hydrogens (tertiary/aromatic N) is 5. The van der Waals surface area contributed by atoms with Crippen molar-refractivity contribution in [3.8, 4) is 5.88 Å². The van der Waals surface area contributed by atoms with E-state index in [0.29, 0.717) is 18.7 Å². The predicted molar refractivity (Wildman–Crippen MR) is 139 cm³/mol. The maximum Gasteiger partial charge on any atom is 0.332 e. The molecule has 3 aliphatic heterocycles. The molecule has 2 saturated heterocycles. The smallest absolute Gasteiger partial charge is 0.332 e. The van der Waals surface area contributed by atoms with Crippen molar-refractivity contribution in [2.75, 3.05) is 25.5 Å². The number of nitrogens with one attached hydrogen (secondary N) is 1. The predicted octanol–water partition coefficient (Wildman–Crippen LogP) is 2.50. The molecular formula is C25H28N6O5S. The zero-order valence-corrected chi connectivity index (χ0v) is 21.8. The van der Waals surface area contributed by atoms with Crippen LogP contribution < -0.4 is 10.5 Å². The number of hydrogen-bond donors (Lipinski definition) is 2. The van der Waals surface area contributed by atoms with Gasteiger partial charge in [0.15, 0.2) is 10.2 Å². The highest BCUT2D eigenvalue weighted by Crippen LogP contribution is 2.49. The fourth-order valence-corrected chi connectivity index (χ4v) is 6.26. The second-order valence-corrected chi connectivity index (χ2v) is 10.4. The van der Waals surface area contributed by atoms with Gasteiger partial charge in [0.1, 0.15) is 5.56 Å². The van der Waals surface area contributed by atoms with Gasteiger partial charge in [0.2, 0.25) is 17.7 Å². The van der Waals surface area contributed by atoms with Gasteiger partial charge in [0, 0.05) is 38.6 Å². The maximum atomic E-state index is 13.5. The molecule has 11 nitrogen and oxygen atoms in total. The number of aromatic amines is 1. The van der Waals surface area contributed by atoms with Crippen LogP contribution in [-0.4, -0.2) is 75.2 Å². The van der Waals surface area contributed by atoms with Crippen molar-refractivity contribution < 1.29 is 19.5 Å². The Bertz CT molecular complexity index is 1470. The zero-order valence-electron chi connectivity index (χ0n) is 21.0. The van der Waals surface area contributed by atoms with Crippen molar-refractivity contribution in [1.82, 2.24) is 19.4 Å². The van der Waals surface area contributed by atoms with E-state index in [4.69, 9.17) is 12.2 Å². The van der Waals surface area contributed by atoms with Gasteiger partial charge < -0.3 is 10.0 Å². The Morgan fingerprint density at radius 3 is 2.49 bits per heavy atom. The fraction of sp³-hybridized carbons (Fsp3) is 0.440. The largest absolute Gasteiger partial charge is 0.494 e. The lowest BCUT2D eigenvalue weighted by atomic mass is 9.68. The molecule has 0 aliphatic carbocycles. The van der Waals surface area contributed by atoms with E-state index in [1.165, 1.54) is 24.9 Å². The van der Waals surface area contributed by atoms with Gasteiger partial charge in [0.05, 0.1) is 11.7 Å². The first-order chi connectivity index (χ1) is 17.5. The van der Waals surface area contributed by atoms with Crippen molar-refractivity contribution in [3.63, 3.8) is 0 Å². The summed E-state index contributed by atoms with van der Waals surface area (Å²) >= 11 is 5.16. The van der Waals surface area contributed by atoms with Crippen LogP contribution in [0, 0.1) is 10.2 Å². The normalized spacial score (nSPS) is 20.9. The Labute approximate surface area is 218 Å². The molecule has 2 aromatic rings. The van der Waals surface area contributed by atoms with Gasteiger partial charge in [-0.2, -0.15) is 0 Å². The van der Waals surface area contributed by atoms with E-state index in [0.717, 1.165) is 27.5 Å². The number of imide groups is 2. The van der Waals surface area contributed by atoms with Gasteiger partial charge in [-0.25, -0.2) is 4.79 Å². The molecule has 1 aromatic carbocycles. The quantitative estimate of drug-likeness (QED) is 0.358. The average Bonchev–Trinajstić information content (AvgIpc) is 3.35. The van der Waals surface area contributed by atoms with Crippen LogP contribution in [0.15, 0.2) is 28.0 Å². The molecule has 1 aromatic heterocycles. The number of hydrogen-bond acceptors (Lipinski definition) is 8. The summed E-state index contributed by atoms with van der Waals surface area (Å²) in [6, 6.07) is 4.31. The van der Waals surface area contributed by atoms with Crippen LogP contribution in [0.5, 0.6) is 5.88 Å². The Morgan fingerprint density at radius 1 is 1.16 bits per heavy atom. The highest BCUT2D eigenvalue weighted by Gasteiger charge is 2.63. The third-order valence-corrected chi connectivity index (χ3v) is 7.92. The molecular weight excluding hydrogens is 496 g/mol. The van der Waals surface area contributed by atoms with Crippen LogP contribution >= 0.6 is 12.2 Å². The molecule has 0 bridgehead atoms. The van der Waals surface area contributed by atoms with Crippen molar-refractivity contribution in [2.24, 2.45) is 10.4 Å². The minimum absolute atomic E-state index is 0.0319. The number of carbonyl (C=O) groups is 3. The fourth-order valence-electron chi connectivity index (χ4n) is 5.87. The number of anilines is 1. The van der Waals surface area contributed by atoms with E-state index in [1.54, 1.807) is 12.1 Å². The van der Waals surface area contributed by atoms with Crippen LogP contribution in [0.1, 0.15) is 43.9 Å². The second-order valence-electron chi connectivity index (χ2n) is 10.0. The molecule has 4 heterocycles. The monoisotopic (exact) mass is 524 g/mol. The summed E-state index contributed by atoms with van der Waals surface area (Å²) in [5.41, 5.74) is 0.161. The molecule has 1 spiro atoms. The van der Waals surface area contributed by atoms with Crippen LogP contribution in [0.25, 0.3) is 0 Å². The molecule has 3 aliphatic rings. The molecule has 2 N–H and O–H groups in total. The minimum Gasteiger partial charge on any atom is -0.494 e. The van der Waals surface area contributed by atoms with Crippen LogP contribution in [0.3, 0.4) is 0 Å². The van der Waals surface area contributed by atoms with Gasteiger partial charge in [-0.1, -0.05) is 0 Å². The van der Waals surface area contributed by atoms with E-state index in [9.17, 15) is 24.3 Å². The summed E-state index contributed by atoms with van der Waals surface area (Å²) in [5, 5.41) is 10.7. The average molecular weight is 525 g/mol. The lowest BCUT2D eigenvalue weighted by molar-refractivity contribution is -0.159. The molecule has 0 saturated carbocycles. The Hall–Kier alpha value is -3.80. The summed E-state index contributed by atoms with van der Waals surface area (Å²) in [4.78, 5) is 63.1. The second kappa shape index (κ2) is 8.65. The van der Waals surface area contributed by atoms with E-state index >= 15 is 0 Å². The molecule has 12 heteroatoms. The van der Waals surface area contributed by atoms with Crippen LogP contribution in [0.4, 0.5) is 16.2 Å². The number of aromatic nitrogens is 2. The highest BCUT2D eigenvalue weighted by atomic mass is 32.1. The van der Waals surface area contributed by atoms with Crippen LogP contribution in [-0.2, 0) is 16.0 Å². The maximum absolute atomic E-state index is 13.5. The lowest BCUT2D eigenvalue weighted by Crippen LogP contribution is -2.70. The lowest BCUT2D eigenvalue weighted by Gasteiger charge is -2.50. The van der Waals surface area contributed by atoms with Crippen molar-refractivity contribution >= 4 is 47.7 Å². The number of benzene rings is 1. The summed E-state index contributed by atoms with van der Waals surface area (Å²) in [5.74, 6) is -1.26. The standard InChI is InChI=1S/C25H28N6O5S/c1-13(2)31-20(33)16(19(32)27-23(31)37)12-26-15-7-8-17-14(10-15)11-25(18-6-5-9-30(17)18)21(34)28(3)24(36)29(4)22(25)35/h7-8,10,12-13,18,33H,5-6,9,11H2,1-4H3,(H,27,32,37)/t18-/m0/s1. The van der Waals surface area contributed by atoms with Crippen molar-refractivity contribution in [1.29, 1.82) is 0 Å². The first-order valence-electron chi connectivity index (χ1n) is 12.1. The number of amides is 4. The summed E-state index contributed by atoms with van der Waals surface area (Å²) in [7, 11) is 2.82. The molecule has 4 amide bonds. The van der Waals surface area contributed by atoms with Crippen LogP contribution in [0.2, 0.25) is 0 Å². The van der Waals surface area contributed by atoms with Crippen molar-refractivity contribution in [2.45, 2.75) is 45.2 Å². The Kier molecular flexibility index (Phi) is 5.81. The Morgan fingerprint density at radius 2 is 1.84 bits per heavy atom. The molecule has 5 rings (SSSR count). The summed E-state index contributed by atoms with van der Waals surface area (Å²) in [6.45, 7) is 4.35. The van der Waals surface area contributed by atoms with E-state index in [-0.39, 0.29) is 34.7 Å². The highest BCUT2D eigenvalue weighted by molar-refractivity contribution is 7.71. The van der Waals surface area contributed by atoms with Crippen molar-refractivity contribution in [3.05, 3.63) is 44.5 Å². The van der Waals surface area contributed by atoms with Gasteiger partial charge in [-0.3, -0.25) is 38.7 Å². The molecule has 0 radical (unpaired) electrons. The van der Waals surface area contributed by atoms with E-state index in [1.807, 2.05) is 19.9 Å². The van der Waals surface area contributed by atoms with Gasteiger partial charge in [-0.05, 0) is 69.1 Å². The molecule has 37 heavy (non-hydrogen) atoms. The number of urea groups is 1. The first-order valence-corrected chi connectivity index (χ1v) is 12.5. The topological polar surface area (TPSA) is 131 Å². The van der Waals surface area contributed by atoms with Gasteiger partial charge >= 0.3 is 6.03 Å². The number of rotatable bonds is 3. The third-order valence-electron chi connectivity index (χ3n) is 7.62. The number of barbiturate groups is 1. The molecule has 0 unspecified atom stereocenters.